The number of hydrogen-bond acceptors (Lipinski definition) is 3. The smallest absolute Gasteiger partial charge is 0.219 e. The molecule has 0 aromatic heterocycles. The van der Waals surface area contributed by atoms with Crippen LogP contribution in [-0.4, -0.2) is 43.0 Å². The highest BCUT2D eigenvalue weighted by Gasteiger charge is 2.22. The molecule has 82 valence electrons. The number of amides is 1. The number of unbranched alkanes of at least 4 members (excludes halogenated alkanes) is 1. The first kappa shape index (κ1) is 11.5. The maximum Gasteiger partial charge on any atom is 0.219 e. The van der Waals surface area contributed by atoms with Gasteiger partial charge in [-0.1, -0.05) is 13.3 Å². The third kappa shape index (κ3) is 3.64. The van der Waals surface area contributed by atoms with Gasteiger partial charge in [0.05, 0.1) is 0 Å². The first-order chi connectivity index (χ1) is 6.74. The maximum absolute atomic E-state index is 10.9. The average Bonchev–Trinajstić information content (AvgIpc) is 2.16. The maximum atomic E-state index is 10.9. The fourth-order valence-corrected chi connectivity index (χ4v) is 1.89. The second kappa shape index (κ2) is 5.98. The van der Waals surface area contributed by atoms with Crippen molar-refractivity contribution in [1.29, 1.82) is 0 Å². The minimum Gasteiger partial charge on any atom is -0.370 e. The van der Waals surface area contributed by atoms with Gasteiger partial charge < -0.3 is 11.1 Å². The normalized spacial score (nSPS) is 23.6. The summed E-state index contributed by atoms with van der Waals surface area (Å²) in [7, 11) is 0. The van der Waals surface area contributed by atoms with Crippen LogP contribution in [0.25, 0.3) is 0 Å². The van der Waals surface area contributed by atoms with Gasteiger partial charge in [0, 0.05) is 32.1 Å². The van der Waals surface area contributed by atoms with Gasteiger partial charge in [0.15, 0.2) is 0 Å². The van der Waals surface area contributed by atoms with E-state index in [1.165, 1.54) is 12.8 Å². The third-order valence-electron chi connectivity index (χ3n) is 2.71. The van der Waals surface area contributed by atoms with E-state index in [1.54, 1.807) is 0 Å². The van der Waals surface area contributed by atoms with Crippen molar-refractivity contribution in [3.63, 3.8) is 0 Å². The zero-order valence-electron chi connectivity index (χ0n) is 8.96. The van der Waals surface area contributed by atoms with Crippen LogP contribution in [0.3, 0.4) is 0 Å². The molecule has 0 spiro atoms. The zero-order chi connectivity index (χ0) is 10.4. The molecule has 4 heteroatoms. The Morgan fingerprint density at radius 1 is 1.64 bits per heavy atom. The molecule has 1 saturated heterocycles. The largest absolute Gasteiger partial charge is 0.370 e. The van der Waals surface area contributed by atoms with Gasteiger partial charge in [-0.3, -0.25) is 9.69 Å². The van der Waals surface area contributed by atoms with E-state index >= 15 is 0 Å². The molecule has 14 heavy (non-hydrogen) atoms. The quantitative estimate of drug-likeness (QED) is 0.652. The average molecular weight is 199 g/mol. The lowest BCUT2D eigenvalue weighted by Gasteiger charge is -2.35. The molecule has 0 aliphatic carbocycles. The molecule has 1 aliphatic heterocycles. The lowest BCUT2D eigenvalue weighted by atomic mass is 10.1. The summed E-state index contributed by atoms with van der Waals surface area (Å²) in [5, 5.41) is 3.30. The van der Waals surface area contributed by atoms with E-state index in [-0.39, 0.29) is 5.91 Å². The van der Waals surface area contributed by atoms with Crippen LogP contribution in [0.5, 0.6) is 0 Å². The van der Waals surface area contributed by atoms with Crippen LogP contribution in [0.4, 0.5) is 0 Å². The summed E-state index contributed by atoms with van der Waals surface area (Å²) in [5.41, 5.74) is 5.22. The molecule has 1 atom stereocenters. The number of piperazine rings is 1. The van der Waals surface area contributed by atoms with Gasteiger partial charge in [0.1, 0.15) is 0 Å². The number of carbonyl (C=O) groups excluding carboxylic acids is 1. The summed E-state index contributed by atoms with van der Waals surface area (Å²) < 4.78 is 0. The van der Waals surface area contributed by atoms with Crippen molar-refractivity contribution in [1.82, 2.24) is 10.2 Å². The Kier molecular flexibility index (Phi) is 4.90. The number of nitrogens with two attached hydrogens (primary N) is 1. The highest BCUT2D eigenvalue weighted by molar-refractivity contribution is 5.74. The SMILES string of the molecule is CCCCN1CCNC[C@@H]1CC(N)=O. The van der Waals surface area contributed by atoms with Crippen molar-refractivity contribution >= 4 is 5.91 Å². The lowest BCUT2D eigenvalue weighted by molar-refractivity contribution is -0.119. The van der Waals surface area contributed by atoms with Crippen molar-refractivity contribution in [3.8, 4) is 0 Å². The lowest BCUT2D eigenvalue weighted by Crippen LogP contribution is -2.52. The molecule has 1 rings (SSSR count). The van der Waals surface area contributed by atoms with E-state index in [4.69, 9.17) is 5.73 Å². The zero-order valence-corrected chi connectivity index (χ0v) is 8.96. The fourth-order valence-electron chi connectivity index (χ4n) is 1.89. The first-order valence-electron chi connectivity index (χ1n) is 5.47. The Bertz CT molecular complexity index is 184. The Morgan fingerprint density at radius 3 is 3.07 bits per heavy atom. The van der Waals surface area contributed by atoms with Crippen molar-refractivity contribution in [2.75, 3.05) is 26.2 Å². The molecule has 1 heterocycles. The van der Waals surface area contributed by atoms with E-state index in [9.17, 15) is 4.79 Å². The molecule has 4 nitrogen and oxygen atoms in total. The highest BCUT2D eigenvalue weighted by atomic mass is 16.1. The summed E-state index contributed by atoms with van der Waals surface area (Å²) >= 11 is 0. The van der Waals surface area contributed by atoms with Gasteiger partial charge >= 0.3 is 0 Å². The number of hydrogen-bond donors (Lipinski definition) is 2. The van der Waals surface area contributed by atoms with E-state index in [0.29, 0.717) is 12.5 Å². The molecule has 0 saturated carbocycles. The fraction of sp³-hybridized carbons (Fsp3) is 0.900. The van der Waals surface area contributed by atoms with E-state index in [0.717, 1.165) is 26.2 Å². The molecule has 0 unspecified atom stereocenters. The Hall–Kier alpha value is -0.610. The van der Waals surface area contributed by atoms with Crippen LogP contribution in [0.1, 0.15) is 26.2 Å². The Morgan fingerprint density at radius 2 is 2.43 bits per heavy atom. The van der Waals surface area contributed by atoms with Crippen LogP contribution in [-0.2, 0) is 4.79 Å². The molecule has 1 fully saturated rings. The topological polar surface area (TPSA) is 58.4 Å². The van der Waals surface area contributed by atoms with Crippen molar-refractivity contribution < 1.29 is 4.79 Å². The summed E-state index contributed by atoms with van der Waals surface area (Å²) in [4.78, 5) is 13.2. The third-order valence-corrected chi connectivity index (χ3v) is 2.71. The molecule has 0 bridgehead atoms. The number of rotatable bonds is 5. The molecule has 0 radical (unpaired) electrons. The van der Waals surface area contributed by atoms with Gasteiger partial charge in [-0.25, -0.2) is 0 Å². The van der Waals surface area contributed by atoms with Crippen LogP contribution in [0, 0.1) is 0 Å². The molecule has 1 aliphatic rings. The summed E-state index contributed by atoms with van der Waals surface area (Å²) in [6.07, 6.45) is 2.89. The molecule has 1 amide bonds. The predicted octanol–water partition coefficient (Wildman–Crippen LogP) is -0.0643. The van der Waals surface area contributed by atoms with Crippen molar-refractivity contribution in [3.05, 3.63) is 0 Å². The van der Waals surface area contributed by atoms with E-state index < -0.39 is 0 Å². The van der Waals surface area contributed by atoms with Gasteiger partial charge in [0.2, 0.25) is 5.91 Å². The van der Waals surface area contributed by atoms with Crippen LogP contribution < -0.4 is 11.1 Å². The second-order valence-electron chi connectivity index (χ2n) is 3.92. The van der Waals surface area contributed by atoms with Crippen molar-refractivity contribution in [2.45, 2.75) is 32.2 Å². The minimum absolute atomic E-state index is 0.194. The Labute approximate surface area is 85.8 Å². The molecule has 3 N–H and O–H groups in total. The molecular formula is C10H21N3O. The first-order valence-corrected chi connectivity index (χ1v) is 5.47. The highest BCUT2D eigenvalue weighted by Crippen LogP contribution is 2.08. The molecule has 0 aromatic carbocycles. The van der Waals surface area contributed by atoms with E-state index in [2.05, 4.69) is 17.1 Å². The van der Waals surface area contributed by atoms with Crippen molar-refractivity contribution in [2.24, 2.45) is 5.73 Å². The Balaban J connectivity index is 2.37. The minimum atomic E-state index is -0.194. The van der Waals surface area contributed by atoms with Crippen LogP contribution in [0.2, 0.25) is 0 Å². The number of nitrogens with one attached hydrogen (secondary N) is 1. The standard InChI is InChI=1S/C10H21N3O/c1-2-3-5-13-6-4-12-8-9(13)7-10(11)14/h9,12H,2-8H2,1H3,(H2,11,14)/t9-/m0/s1. The summed E-state index contributed by atoms with van der Waals surface area (Å²) in [6, 6.07) is 0.313. The monoisotopic (exact) mass is 199 g/mol. The summed E-state index contributed by atoms with van der Waals surface area (Å²) in [5.74, 6) is -0.194. The van der Waals surface area contributed by atoms with Gasteiger partial charge in [-0.05, 0) is 13.0 Å². The van der Waals surface area contributed by atoms with E-state index in [1.807, 2.05) is 0 Å². The van der Waals surface area contributed by atoms with Gasteiger partial charge in [-0.15, -0.1) is 0 Å². The summed E-state index contributed by atoms with van der Waals surface area (Å²) in [6.45, 7) is 6.24. The van der Waals surface area contributed by atoms with Crippen LogP contribution >= 0.6 is 0 Å². The van der Waals surface area contributed by atoms with Gasteiger partial charge in [0.25, 0.3) is 0 Å². The predicted molar refractivity (Wildman–Crippen MR) is 57.0 cm³/mol. The number of primary amides is 1. The molecular weight excluding hydrogens is 178 g/mol. The second-order valence-corrected chi connectivity index (χ2v) is 3.92. The number of nitrogens with zero attached hydrogens (tertiary/aromatic N) is 1. The molecule has 0 aromatic rings. The van der Waals surface area contributed by atoms with Crippen LogP contribution in [0.15, 0.2) is 0 Å². The number of carbonyl (C=O) groups is 1. The van der Waals surface area contributed by atoms with Gasteiger partial charge in [-0.2, -0.15) is 0 Å².